The molecule has 3 aliphatic rings. The molecule has 7 nitrogen and oxygen atoms in total. The van der Waals surface area contributed by atoms with E-state index in [9.17, 15) is 14.4 Å². The lowest BCUT2D eigenvalue weighted by atomic mass is 9.82. The minimum absolute atomic E-state index is 0. The Balaban J connectivity index is 0.00000208. The van der Waals surface area contributed by atoms with Crippen LogP contribution in [0.15, 0.2) is 0 Å². The van der Waals surface area contributed by atoms with E-state index in [0.717, 1.165) is 37.0 Å². The first-order valence-corrected chi connectivity index (χ1v) is 8.65. The third kappa shape index (κ3) is 3.52. The van der Waals surface area contributed by atoms with Crippen LogP contribution in [-0.4, -0.2) is 65.9 Å². The molecule has 0 unspecified atom stereocenters. The third-order valence-electron chi connectivity index (χ3n) is 5.50. The van der Waals surface area contributed by atoms with E-state index in [1.807, 2.05) is 7.05 Å². The average Bonchev–Trinajstić information content (AvgIpc) is 2.80. The smallest absolute Gasteiger partial charge is 0.325 e. The van der Waals surface area contributed by atoms with Gasteiger partial charge < -0.3 is 15.5 Å². The van der Waals surface area contributed by atoms with Crippen LogP contribution in [0.3, 0.4) is 0 Å². The summed E-state index contributed by atoms with van der Waals surface area (Å²) >= 11 is 0. The number of amides is 4. The molecular weight excluding hydrogens is 332 g/mol. The number of hydrogen-bond acceptors (Lipinski definition) is 4. The van der Waals surface area contributed by atoms with Crippen LogP contribution in [0.1, 0.15) is 44.9 Å². The highest BCUT2D eigenvalue weighted by atomic mass is 35.5. The highest BCUT2D eigenvalue weighted by molar-refractivity contribution is 6.09. The second-order valence-corrected chi connectivity index (χ2v) is 6.91. The van der Waals surface area contributed by atoms with Crippen LogP contribution in [0.5, 0.6) is 0 Å². The number of nitrogens with zero attached hydrogens (tertiary/aromatic N) is 2. The lowest BCUT2D eigenvalue weighted by Gasteiger charge is -2.33. The first kappa shape index (κ1) is 19.0. The van der Waals surface area contributed by atoms with Crippen molar-refractivity contribution in [2.24, 2.45) is 0 Å². The molecule has 4 amide bonds. The van der Waals surface area contributed by atoms with Crippen LogP contribution in [-0.2, 0) is 9.59 Å². The predicted molar refractivity (Wildman–Crippen MR) is 92.0 cm³/mol. The van der Waals surface area contributed by atoms with E-state index >= 15 is 0 Å². The van der Waals surface area contributed by atoms with E-state index in [2.05, 4.69) is 10.6 Å². The fourth-order valence-corrected chi connectivity index (χ4v) is 3.97. The van der Waals surface area contributed by atoms with Crippen molar-refractivity contribution in [3.05, 3.63) is 0 Å². The van der Waals surface area contributed by atoms with Gasteiger partial charge in [0.15, 0.2) is 0 Å². The van der Waals surface area contributed by atoms with Gasteiger partial charge >= 0.3 is 6.03 Å². The number of hydrogen-bond donors (Lipinski definition) is 2. The maximum atomic E-state index is 12.7. The molecule has 0 aromatic heterocycles. The zero-order valence-electron chi connectivity index (χ0n) is 14.2. The predicted octanol–water partition coefficient (Wildman–Crippen LogP) is 0.873. The molecule has 0 aromatic carbocycles. The third-order valence-corrected chi connectivity index (χ3v) is 5.50. The van der Waals surface area contributed by atoms with Gasteiger partial charge in [0, 0.05) is 19.1 Å². The number of carbonyl (C=O) groups excluding carboxylic acids is 3. The largest absolute Gasteiger partial charge is 0.341 e. The Morgan fingerprint density at radius 1 is 1.21 bits per heavy atom. The molecule has 0 bridgehead atoms. The van der Waals surface area contributed by atoms with Crippen molar-refractivity contribution in [3.8, 4) is 0 Å². The van der Waals surface area contributed by atoms with E-state index < -0.39 is 11.6 Å². The molecule has 2 heterocycles. The van der Waals surface area contributed by atoms with Crippen LogP contribution in [0.2, 0.25) is 0 Å². The fourth-order valence-electron chi connectivity index (χ4n) is 3.97. The summed E-state index contributed by atoms with van der Waals surface area (Å²) in [5.41, 5.74) is -0.741. The van der Waals surface area contributed by atoms with Crippen molar-refractivity contribution in [2.75, 3.05) is 26.7 Å². The Kier molecular flexibility index (Phi) is 6.09. The number of piperidine rings is 1. The van der Waals surface area contributed by atoms with Gasteiger partial charge in [-0.2, -0.15) is 0 Å². The Hall–Kier alpha value is -1.34. The Bertz CT molecular complexity index is 500. The summed E-state index contributed by atoms with van der Waals surface area (Å²) in [6.07, 6.45) is 6.20. The van der Waals surface area contributed by atoms with E-state index in [-0.39, 0.29) is 30.8 Å². The molecule has 136 valence electrons. The molecule has 3 rings (SSSR count). The topological polar surface area (TPSA) is 81.8 Å². The van der Waals surface area contributed by atoms with Crippen molar-refractivity contribution >= 4 is 30.3 Å². The molecule has 1 saturated carbocycles. The zero-order valence-corrected chi connectivity index (χ0v) is 15.0. The molecule has 3 fully saturated rings. The number of rotatable bonds is 3. The molecular formula is C16H27ClN4O3. The highest BCUT2D eigenvalue weighted by Gasteiger charge is 2.51. The van der Waals surface area contributed by atoms with Crippen molar-refractivity contribution in [3.63, 3.8) is 0 Å². The van der Waals surface area contributed by atoms with Gasteiger partial charge in [-0.3, -0.25) is 14.5 Å². The number of halogens is 1. The summed E-state index contributed by atoms with van der Waals surface area (Å²) in [6, 6.07) is 0.0386. The lowest BCUT2D eigenvalue weighted by molar-refractivity contribution is -0.140. The van der Waals surface area contributed by atoms with Crippen LogP contribution in [0, 0.1) is 0 Å². The monoisotopic (exact) mass is 358 g/mol. The van der Waals surface area contributed by atoms with Crippen molar-refractivity contribution in [2.45, 2.75) is 56.5 Å². The molecule has 1 aliphatic carbocycles. The normalized spacial score (nSPS) is 24.0. The number of urea groups is 1. The minimum atomic E-state index is -0.741. The summed E-state index contributed by atoms with van der Waals surface area (Å²) < 4.78 is 0. The van der Waals surface area contributed by atoms with E-state index in [1.165, 1.54) is 0 Å². The second-order valence-electron chi connectivity index (χ2n) is 6.91. The van der Waals surface area contributed by atoms with Gasteiger partial charge in [0.2, 0.25) is 5.91 Å². The van der Waals surface area contributed by atoms with Crippen LogP contribution in [0.25, 0.3) is 0 Å². The van der Waals surface area contributed by atoms with Crippen molar-refractivity contribution in [1.82, 2.24) is 20.4 Å². The maximum absolute atomic E-state index is 12.7. The molecule has 8 heteroatoms. The van der Waals surface area contributed by atoms with Crippen LogP contribution in [0.4, 0.5) is 4.79 Å². The first-order valence-electron chi connectivity index (χ1n) is 8.65. The van der Waals surface area contributed by atoms with Gasteiger partial charge in [0.1, 0.15) is 12.1 Å². The van der Waals surface area contributed by atoms with E-state index in [4.69, 9.17) is 0 Å². The summed E-state index contributed by atoms with van der Waals surface area (Å²) in [7, 11) is 1.93. The van der Waals surface area contributed by atoms with Gasteiger partial charge in [-0.15, -0.1) is 12.4 Å². The van der Waals surface area contributed by atoms with E-state index in [0.29, 0.717) is 32.0 Å². The highest BCUT2D eigenvalue weighted by Crippen LogP contribution is 2.33. The van der Waals surface area contributed by atoms with Crippen LogP contribution < -0.4 is 10.6 Å². The van der Waals surface area contributed by atoms with Gasteiger partial charge in [-0.25, -0.2) is 4.79 Å². The number of carbonyl (C=O) groups is 3. The molecule has 24 heavy (non-hydrogen) atoms. The molecule has 1 spiro atoms. The maximum Gasteiger partial charge on any atom is 0.325 e. The summed E-state index contributed by atoms with van der Waals surface area (Å²) in [5, 5.41) is 6.07. The lowest BCUT2D eigenvalue weighted by Crippen LogP contribution is -2.50. The van der Waals surface area contributed by atoms with E-state index in [1.54, 1.807) is 4.90 Å². The Labute approximate surface area is 148 Å². The van der Waals surface area contributed by atoms with Gasteiger partial charge in [-0.1, -0.05) is 19.3 Å². The Morgan fingerprint density at radius 3 is 2.42 bits per heavy atom. The molecule has 2 N–H and O–H groups in total. The average molecular weight is 359 g/mol. The van der Waals surface area contributed by atoms with Gasteiger partial charge in [-0.05, 0) is 32.7 Å². The fraction of sp³-hybridized carbons (Fsp3) is 0.812. The summed E-state index contributed by atoms with van der Waals surface area (Å²) in [6.45, 7) is 1.23. The molecule has 0 atom stereocenters. The molecule has 2 aliphatic heterocycles. The number of imide groups is 1. The SMILES string of the molecule is CNC1CCN(C(=O)CN2C(=O)NC3(CCCCC3)C2=O)CC1.Cl. The summed E-state index contributed by atoms with van der Waals surface area (Å²) in [5.74, 6) is -0.337. The number of nitrogens with one attached hydrogen (secondary N) is 2. The second kappa shape index (κ2) is 7.70. The van der Waals surface area contributed by atoms with Crippen molar-refractivity contribution < 1.29 is 14.4 Å². The quantitative estimate of drug-likeness (QED) is 0.733. The number of likely N-dealkylation sites (tertiary alicyclic amines) is 1. The van der Waals surface area contributed by atoms with Gasteiger partial charge in [0.05, 0.1) is 0 Å². The van der Waals surface area contributed by atoms with Crippen molar-refractivity contribution in [1.29, 1.82) is 0 Å². The zero-order chi connectivity index (χ0) is 16.4. The first-order chi connectivity index (χ1) is 11.1. The molecule has 2 saturated heterocycles. The molecule has 0 radical (unpaired) electrons. The standard InChI is InChI=1S/C16H26N4O3.ClH/c1-17-12-5-9-19(10-6-12)13(21)11-20-14(22)16(18-15(20)23)7-3-2-4-8-16;/h12,17H,2-11H2,1H3,(H,18,23);1H. The molecule has 0 aromatic rings. The Morgan fingerprint density at radius 2 is 1.83 bits per heavy atom. The van der Waals surface area contributed by atoms with Gasteiger partial charge in [0.25, 0.3) is 5.91 Å². The minimum Gasteiger partial charge on any atom is -0.341 e. The summed E-state index contributed by atoms with van der Waals surface area (Å²) in [4.78, 5) is 40.2. The van der Waals surface area contributed by atoms with Crippen LogP contribution >= 0.6 is 12.4 Å².